The Morgan fingerprint density at radius 3 is 2.51 bits per heavy atom. The normalized spacial score (nSPS) is 27.4. The molecule has 3 aromatic rings. The molecule has 0 radical (unpaired) electrons. The Morgan fingerprint density at radius 1 is 1.02 bits per heavy atom. The molecule has 260 valence electrons. The number of anilines is 2. The van der Waals surface area contributed by atoms with Gasteiger partial charge in [-0.25, -0.2) is 13.8 Å². The van der Waals surface area contributed by atoms with E-state index in [0.717, 1.165) is 76.3 Å². The van der Waals surface area contributed by atoms with Gasteiger partial charge in [0, 0.05) is 74.0 Å². The lowest BCUT2D eigenvalue weighted by molar-refractivity contribution is -0.134. The molecule has 1 unspecified atom stereocenters. The van der Waals surface area contributed by atoms with Crippen LogP contribution in [0.2, 0.25) is 0 Å². The average molecular weight is 676 g/mol. The summed E-state index contributed by atoms with van der Waals surface area (Å²) in [6, 6.07) is 3.97. The molecule has 0 spiro atoms. The second-order valence-corrected chi connectivity index (χ2v) is 15.0. The van der Waals surface area contributed by atoms with E-state index in [4.69, 9.17) is 0 Å². The highest BCUT2D eigenvalue weighted by molar-refractivity contribution is 6.04. The van der Waals surface area contributed by atoms with Crippen LogP contribution < -0.4 is 15.5 Å². The fraction of sp³-hybridized carbons (Fsp3) is 0.600. The predicted molar refractivity (Wildman–Crippen MR) is 176 cm³/mol. The average Bonchev–Trinajstić information content (AvgIpc) is 3.49. The molecule has 5 aliphatic rings. The molecule has 3 atom stereocenters. The summed E-state index contributed by atoms with van der Waals surface area (Å²) in [6.45, 7) is 7.54. The summed E-state index contributed by atoms with van der Waals surface area (Å²) in [5.74, 6) is -2.49. The maximum Gasteiger partial charge on any atom is 0.276 e. The fourth-order valence-electron chi connectivity index (χ4n) is 8.64. The number of aromatic nitrogens is 5. The van der Waals surface area contributed by atoms with Crippen molar-refractivity contribution in [2.24, 2.45) is 23.2 Å². The molecule has 0 aromatic carbocycles. The lowest BCUT2D eigenvalue weighted by atomic mass is 9.87. The first-order valence-electron chi connectivity index (χ1n) is 17.6. The number of fused-ring (bicyclic) bond motifs is 2. The zero-order valence-electron chi connectivity index (χ0n) is 27.8. The smallest absolute Gasteiger partial charge is 0.276 e. The van der Waals surface area contributed by atoms with Crippen LogP contribution in [-0.2, 0) is 29.0 Å². The third kappa shape index (κ3) is 6.01. The molecule has 14 heteroatoms. The van der Waals surface area contributed by atoms with E-state index in [2.05, 4.69) is 40.7 Å². The molecule has 1 saturated carbocycles. The van der Waals surface area contributed by atoms with Gasteiger partial charge in [-0.3, -0.25) is 29.5 Å². The van der Waals surface area contributed by atoms with Gasteiger partial charge in [-0.1, -0.05) is 13.0 Å². The largest absolute Gasteiger partial charge is 0.357 e. The first-order chi connectivity index (χ1) is 23.6. The highest BCUT2D eigenvalue weighted by Crippen LogP contribution is 2.70. The van der Waals surface area contributed by atoms with Gasteiger partial charge in [0.25, 0.3) is 11.8 Å². The maximum absolute atomic E-state index is 14.3. The predicted octanol–water partition coefficient (Wildman–Crippen LogP) is 3.77. The highest BCUT2D eigenvalue weighted by Gasteiger charge is 2.78. The van der Waals surface area contributed by atoms with Gasteiger partial charge in [0.15, 0.2) is 5.69 Å². The summed E-state index contributed by atoms with van der Waals surface area (Å²) in [4.78, 5) is 46.3. The molecular weight excluding hydrogens is 632 g/mol. The Balaban J connectivity index is 0.761. The van der Waals surface area contributed by atoms with Crippen molar-refractivity contribution < 1.29 is 23.2 Å². The van der Waals surface area contributed by atoms with Crippen molar-refractivity contribution in [1.29, 1.82) is 0 Å². The highest BCUT2D eigenvalue weighted by atomic mass is 19.3. The number of imide groups is 1. The number of amides is 3. The minimum atomic E-state index is -2.70. The number of hydrogen-bond donors (Lipinski definition) is 3. The Kier molecular flexibility index (Phi) is 8.03. The first-order valence-corrected chi connectivity index (χ1v) is 17.6. The van der Waals surface area contributed by atoms with E-state index in [-0.39, 0.29) is 36.3 Å². The van der Waals surface area contributed by atoms with Crippen LogP contribution in [0.4, 0.5) is 20.3 Å². The lowest BCUT2D eigenvalue weighted by Gasteiger charge is -2.38. The van der Waals surface area contributed by atoms with Gasteiger partial charge in [0.1, 0.15) is 5.82 Å². The molecular formula is C35H43F2N9O3. The Labute approximate surface area is 283 Å². The van der Waals surface area contributed by atoms with Crippen LogP contribution in [0, 0.1) is 23.2 Å². The minimum absolute atomic E-state index is 0.163. The lowest BCUT2D eigenvalue weighted by Crippen LogP contribution is -2.42. The number of likely N-dealkylation sites (tertiary alicyclic amines) is 1. The standard InChI is InChI=1S/C35H43F2N9O3/c1-34-15-27-26(14-28(34)35(34,36)37)31(43-42-27)33(49)40-24-17-39-46(20-24)19-22-6-10-44(11-7-22)18-21-8-12-45(13-9-21)29-4-2-23(16-38-29)25-3-5-30(47)41-32(25)48/h2,4,16-17,20-22,25,28H,3,5-15,18-19H2,1H3,(H,40,49)(H,42,43)(H,41,47,48)/t25?,28-,34+/m0/s1. The number of nitrogens with zero attached hydrogens (tertiary/aromatic N) is 6. The number of halogens is 2. The van der Waals surface area contributed by atoms with Gasteiger partial charge < -0.3 is 15.1 Å². The number of pyridine rings is 1. The van der Waals surface area contributed by atoms with E-state index in [1.54, 1.807) is 19.3 Å². The summed E-state index contributed by atoms with van der Waals surface area (Å²) in [7, 11) is 0. The van der Waals surface area contributed by atoms with Crippen LogP contribution in [0.5, 0.6) is 0 Å². The summed E-state index contributed by atoms with van der Waals surface area (Å²) in [6.07, 6.45) is 10.9. The number of rotatable bonds is 8. The first kappa shape index (κ1) is 32.0. The van der Waals surface area contributed by atoms with E-state index in [9.17, 15) is 23.2 Å². The van der Waals surface area contributed by atoms with Gasteiger partial charge >= 0.3 is 0 Å². The molecule has 49 heavy (non-hydrogen) atoms. The molecule has 4 fully saturated rings. The topological polar surface area (TPSA) is 141 Å². The number of alkyl halides is 2. The van der Waals surface area contributed by atoms with Crippen LogP contribution in [0.3, 0.4) is 0 Å². The van der Waals surface area contributed by atoms with Gasteiger partial charge in [-0.05, 0) is 75.1 Å². The van der Waals surface area contributed by atoms with E-state index in [1.165, 1.54) is 0 Å². The number of nitrogens with one attached hydrogen (secondary N) is 3. The molecule has 8 rings (SSSR count). The van der Waals surface area contributed by atoms with Crippen molar-refractivity contribution in [2.45, 2.75) is 76.7 Å². The van der Waals surface area contributed by atoms with E-state index in [1.807, 2.05) is 23.0 Å². The molecule has 3 aromatic heterocycles. The van der Waals surface area contributed by atoms with Crippen molar-refractivity contribution in [1.82, 2.24) is 35.2 Å². The molecule has 2 aliphatic carbocycles. The number of piperidine rings is 3. The van der Waals surface area contributed by atoms with Crippen LogP contribution in [-0.4, -0.2) is 86.2 Å². The van der Waals surface area contributed by atoms with Crippen molar-refractivity contribution in [3.8, 4) is 0 Å². The number of hydrogen-bond acceptors (Lipinski definition) is 8. The van der Waals surface area contributed by atoms with Crippen molar-refractivity contribution >= 4 is 29.2 Å². The second-order valence-electron chi connectivity index (χ2n) is 15.0. The van der Waals surface area contributed by atoms with Crippen molar-refractivity contribution in [3.63, 3.8) is 0 Å². The summed E-state index contributed by atoms with van der Waals surface area (Å²) in [5.41, 5.74) is 1.84. The van der Waals surface area contributed by atoms with Crippen LogP contribution in [0.1, 0.15) is 78.7 Å². The zero-order chi connectivity index (χ0) is 33.9. The number of carbonyl (C=O) groups excluding carboxylic acids is 3. The van der Waals surface area contributed by atoms with E-state index >= 15 is 0 Å². The quantitative estimate of drug-likeness (QED) is 0.307. The number of carbonyl (C=O) groups is 3. The third-order valence-corrected chi connectivity index (χ3v) is 11.9. The monoisotopic (exact) mass is 675 g/mol. The Hall–Kier alpha value is -4.20. The molecule has 12 nitrogen and oxygen atoms in total. The molecule has 6 heterocycles. The molecule has 3 amide bonds. The molecule has 0 bridgehead atoms. The van der Waals surface area contributed by atoms with E-state index < -0.39 is 23.2 Å². The summed E-state index contributed by atoms with van der Waals surface area (Å²) >= 11 is 0. The molecule has 3 N–H and O–H groups in total. The fourth-order valence-corrected chi connectivity index (χ4v) is 8.64. The number of H-pyrrole nitrogens is 1. The van der Waals surface area contributed by atoms with Crippen LogP contribution >= 0.6 is 0 Å². The minimum Gasteiger partial charge on any atom is -0.357 e. The Bertz CT molecular complexity index is 1740. The Morgan fingerprint density at radius 2 is 1.78 bits per heavy atom. The molecule has 3 aliphatic heterocycles. The van der Waals surface area contributed by atoms with Gasteiger partial charge in [-0.2, -0.15) is 10.2 Å². The van der Waals surface area contributed by atoms with Crippen molar-refractivity contribution in [2.75, 3.05) is 42.9 Å². The van der Waals surface area contributed by atoms with Gasteiger partial charge in [0.2, 0.25) is 11.8 Å². The van der Waals surface area contributed by atoms with Crippen LogP contribution in [0.25, 0.3) is 0 Å². The third-order valence-electron chi connectivity index (χ3n) is 11.9. The van der Waals surface area contributed by atoms with Gasteiger partial charge in [0.05, 0.1) is 17.8 Å². The van der Waals surface area contributed by atoms with Crippen LogP contribution in [0.15, 0.2) is 30.7 Å². The summed E-state index contributed by atoms with van der Waals surface area (Å²) in [5, 5.41) is 16.8. The number of aromatic amines is 1. The maximum atomic E-state index is 14.3. The molecule has 3 saturated heterocycles. The van der Waals surface area contributed by atoms with Crippen molar-refractivity contribution in [3.05, 3.63) is 53.2 Å². The van der Waals surface area contributed by atoms with E-state index in [0.29, 0.717) is 41.6 Å². The van der Waals surface area contributed by atoms with Gasteiger partial charge in [-0.15, -0.1) is 0 Å². The zero-order valence-corrected chi connectivity index (χ0v) is 27.8. The second kappa shape index (κ2) is 12.3. The summed E-state index contributed by atoms with van der Waals surface area (Å²) < 4.78 is 30.5. The SMILES string of the molecule is C[C@@]12Cc3[nH]nc(C(=O)Nc4cnn(CC5CCN(CC6CCN(c7ccc(C8CCC(=O)NC8=O)cn7)CC6)CC5)c4)c3C[C@@H]1C2(F)F.